The van der Waals surface area contributed by atoms with Crippen LogP contribution >= 0.6 is 11.6 Å². The highest BCUT2D eigenvalue weighted by Crippen LogP contribution is 2.31. The first-order chi connectivity index (χ1) is 9.88. The fourth-order valence-electron chi connectivity index (χ4n) is 2.17. The van der Waals surface area contributed by atoms with Crippen LogP contribution in [0.3, 0.4) is 0 Å². The van der Waals surface area contributed by atoms with Gasteiger partial charge in [-0.1, -0.05) is 11.6 Å². The number of alkyl halides is 3. The molecule has 0 aromatic carbocycles. The quantitative estimate of drug-likeness (QED) is 0.849. The Kier molecular flexibility index (Phi) is 3.12. The molecule has 0 fully saturated rings. The van der Waals surface area contributed by atoms with Crippen LogP contribution in [0.25, 0.3) is 0 Å². The SMILES string of the molecule is O=c1[nH]ncc(N2CCn3c(nnc3C(F)(F)F)C2)c1Cl. The largest absolute Gasteiger partial charge is 0.451 e. The molecule has 2 aromatic rings. The average Bonchev–Trinajstić information content (AvgIpc) is 2.84. The lowest BCUT2D eigenvalue weighted by molar-refractivity contribution is -0.147. The number of hydrogen-bond donors (Lipinski definition) is 1. The molecule has 11 heteroatoms. The zero-order valence-electron chi connectivity index (χ0n) is 10.4. The first kappa shape index (κ1) is 13.9. The summed E-state index contributed by atoms with van der Waals surface area (Å²) < 4.78 is 39.2. The molecule has 3 heterocycles. The van der Waals surface area contributed by atoms with E-state index in [1.165, 1.54) is 6.20 Å². The van der Waals surface area contributed by atoms with Crippen molar-refractivity contribution in [2.75, 3.05) is 11.4 Å². The minimum atomic E-state index is -4.55. The number of rotatable bonds is 1. The Balaban J connectivity index is 1.94. The molecule has 112 valence electrons. The summed E-state index contributed by atoms with van der Waals surface area (Å²) in [5.41, 5.74) is -0.208. The van der Waals surface area contributed by atoms with Crippen molar-refractivity contribution in [3.8, 4) is 0 Å². The standard InChI is InChI=1S/C10H8ClF3N6O/c11-7-5(3-15-17-8(7)21)19-1-2-20-6(4-19)16-18-9(20)10(12,13)14/h3H,1-2,4H2,(H,17,21). The van der Waals surface area contributed by atoms with E-state index >= 15 is 0 Å². The maximum atomic E-state index is 12.7. The second-order valence-corrected chi connectivity index (χ2v) is 4.79. The topological polar surface area (TPSA) is 79.7 Å². The molecule has 21 heavy (non-hydrogen) atoms. The number of nitrogens with one attached hydrogen (secondary N) is 1. The maximum Gasteiger partial charge on any atom is 0.451 e. The van der Waals surface area contributed by atoms with Crippen LogP contribution in [0.2, 0.25) is 5.02 Å². The minimum absolute atomic E-state index is 0.0420. The molecule has 0 saturated carbocycles. The zero-order valence-corrected chi connectivity index (χ0v) is 11.1. The molecule has 0 aliphatic carbocycles. The summed E-state index contributed by atoms with van der Waals surface area (Å²) in [4.78, 5) is 13.0. The van der Waals surface area contributed by atoms with E-state index in [0.717, 1.165) is 4.57 Å². The molecule has 1 aliphatic rings. The molecule has 0 atom stereocenters. The third-order valence-corrected chi connectivity index (χ3v) is 3.49. The van der Waals surface area contributed by atoms with Gasteiger partial charge in [-0.2, -0.15) is 18.3 Å². The molecule has 7 nitrogen and oxygen atoms in total. The lowest BCUT2D eigenvalue weighted by Crippen LogP contribution is -2.36. The Morgan fingerprint density at radius 2 is 2.05 bits per heavy atom. The Hall–Kier alpha value is -2.10. The lowest BCUT2D eigenvalue weighted by atomic mass is 10.3. The average molecular weight is 321 g/mol. The van der Waals surface area contributed by atoms with Crippen molar-refractivity contribution in [3.63, 3.8) is 0 Å². The summed E-state index contributed by atoms with van der Waals surface area (Å²) >= 11 is 5.88. The minimum Gasteiger partial charge on any atom is -0.360 e. The van der Waals surface area contributed by atoms with Gasteiger partial charge in [0.1, 0.15) is 5.02 Å². The second kappa shape index (κ2) is 4.72. The van der Waals surface area contributed by atoms with Crippen molar-refractivity contribution in [3.05, 3.63) is 33.2 Å². The summed E-state index contributed by atoms with van der Waals surface area (Å²) in [6, 6.07) is 0. The van der Waals surface area contributed by atoms with E-state index in [-0.39, 0.29) is 30.5 Å². The lowest BCUT2D eigenvalue weighted by Gasteiger charge is -2.29. The smallest absolute Gasteiger partial charge is 0.360 e. The van der Waals surface area contributed by atoms with Gasteiger partial charge >= 0.3 is 6.18 Å². The monoisotopic (exact) mass is 320 g/mol. The first-order valence-corrected chi connectivity index (χ1v) is 6.23. The maximum absolute atomic E-state index is 12.7. The predicted octanol–water partition coefficient (Wildman–Crippen LogP) is 1.05. The van der Waals surface area contributed by atoms with Crippen LogP contribution in [-0.2, 0) is 19.3 Å². The van der Waals surface area contributed by atoms with E-state index in [9.17, 15) is 18.0 Å². The van der Waals surface area contributed by atoms with E-state index in [4.69, 9.17) is 11.6 Å². The van der Waals surface area contributed by atoms with E-state index in [2.05, 4.69) is 20.4 Å². The van der Waals surface area contributed by atoms with Crippen molar-refractivity contribution in [1.82, 2.24) is 25.0 Å². The molecular formula is C10H8ClF3N6O. The summed E-state index contributed by atoms with van der Waals surface area (Å²) in [6.45, 7) is 0.340. The highest BCUT2D eigenvalue weighted by Gasteiger charge is 2.39. The highest BCUT2D eigenvalue weighted by atomic mass is 35.5. The molecule has 0 radical (unpaired) electrons. The summed E-state index contributed by atoms with van der Waals surface area (Å²) in [5, 5.41) is 12.5. The number of anilines is 1. The van der Waals surface area contributed by atoms with E-state index in [0.29, 0.717) is 5.69 Å². The molecular weight excluding hydrogens is 313 g/mol. The number of halogens is 4. The van der Waals surface area contributed by atoms with Crippen molar-refractivity contribution in [1.29, 1.82) is 0 Å². The second-order valence-electron chi connectivity index (χ2n) is 4.41. The van der Waals surface area contributed by atoms with Crippen molar-refractivity contribution < 1.29 is 13.2 Å². The van der Waals surface area contributed by atoms with Crippen LogP contribution in [-0.4, -0.2) is 31.5 Å². The highest BCUT2D eigenvalue weighted by molar-refractivity contribution is 6.32. The van der Waals surface area contributed by atoms with Gasteiger partial charge < -0.3 is 9.47 Å². The van der Waals surface area contributed by atoms with E-state index in [1.54, 1.807) is 4.90 Å². The van der Waals surface area contributed by atoms with Crippen molar-refractivity contribution >= 4 is 17.3 Å². The molecule has 0 unspecified atom stereocenters. The van der Waals surface area contributed by atoms with Gasteiger partial charge in [0, 0.05) is 13.1 Å². The third-order valence-electron chi connectivity index (χ3n) is 3.12. The zero-order chi connectivity index (χ0) is 15.2. The summed E-state index contributed by atoms with van der Waals surface area (Å²) in [5.74, 6) is -0.864. The molecule has 1 aliphatic heterocycles. The van der Waals surface area contributed by atoms with Crippen molar-refractivity contribution in [2.24, 2.45) is 0 Å². The van der Waals surface area contributed by atoms with Gasteiger partial charge in [0.05, 0.1) is 18.4 Å². The first-order valence-electron chi connectivity index (χ1n) is 5.85. The van der Waals surface area contributed by atoms with Crippen LogP contribution < -0.4 is 10.5 Å². The summed E-state index contributed by atoms with van der Waals surface area (Å²) in [7, 11) is 0. The normalized spacial score (nSPS) is 15.1. The number of aromatic nitrogens is 5. The van der Waals surface area contributed by atoms with Gasteiger partial charge in [-0.3, -0.25) is 4.79 Å². The van der Waals surface area contributed by atoms with Gasteiger partial charge in [-0.05, 0) is 0 Å². The van der Waals surface area contributed by atoms with Crippen LogP contribution in [0.5, 0.6) is 0 Å². The van der Waals surface area contributed by atoms with Gasteiger partial charge in [0.15, 0.2) is 5.82 Å². The van der Waals surface area contributed by atoms with Gasteiger partial charge in [-0.15, -0.1) is 10.2 Å². The summed E-state index contributed by atoms with van der Waals surface area (Å²) in [6.07, 6.45) is -3.20. The molecule has 1 N–H and O–H groups in total. The predicted molar refractivity (Wildman–Crippen MR) is 65.9 cm³/mol. The number of hydrogen-bond acceptors (Lipinski definition) is 5. The molecule has 3 rings (SSSR count). The molecule has 0 saturated heterocycles. The van der Waals surface area contributed by atoms with Gasteiger partial charge in [-0.25, -0.2) is 5.10 Å². The number of H-pyrrole nitrogens is 1. The van der Waals surface area contributed by atoms with Crippen LogP contribution in [0.4, 0.5) is 18.9 Å². The molecule has 0 bridgehead atoms. The van der Waals surface area contributed by atoms with Gasteiger partial charge in [0.25, 0.3) is 5.56 Å². The third kappa shape index (κ3) is 2.35. The van der Waals surface area contributed by atoms with Gasteiger partial charge in [0.2, 0.25) is 5.82 Å². The van der Waals surface area contributed by atoms with Crippen LogP contribution in [0.15, 0.2) is 11.0 Å². The van der Waals surface area contributed by atoms with Crippen LogP contribution in [0.1, 0.15) is 11.6 Å². The van der Waals surface area contributed by atoms with E-state index in [1.807, 2.05) is 0 Å². The van der Waals surface area contributed by atoms with Crippen molar-refractivity contribution in [2.45, 2.75) is 19.3 Å². The van der Waals surface area contributed by atoms with E-state index < -0.39 is 17.6 Å². The number of aromatic amines is 1. The molecule has 2 aromatic heterocycles. The molecule has 0 amide bonds. The number of nitrogens with zero attached hydrogens (tertiary/aromatic N) is 5. The Morgan fingerprint density at radius 3 is 2.76 bits per heavy atom. The fourth-order valence-corrected chi connectivity index (χ4v) is 2.38. The molecule has 0 spiro atoms. The Labute approximate surface area is 120 Å². The Morgan fingerprint density at radius 1 is 1.29 bits per heavy atom. The van der Waals surface area contributed by atoms with Crippen LogP contribution in [0, 0.1) is 0 Å². The number of fused-ring (bicyclic) bond motifs is 1. The Bertz CT molecular complexity index is 739. The fraction of sp³-hybridized carbons (Fsp3) is 0.400.